The van der Waals surface area contributed by atoms with E-state index in [-0.39, 0.29) is 18.1 Å². The van der Waals surface area contributed by atoms with Gasteiger partial charge in [-0.2, -0.15) is 5.26 Å². The summed E-state index contributed by atoms with van der Waals surface area (Å²) in [6, 6.07) is 4.92. The van der Waals surface area contributed by atoms with Crippen LogP contribution in [0, 0.1) is 11.3 Å². The zero-order valence-electron chi connectivity index (χ0n) is 11.3. The van der Waals surface area contributed by atoms with Crippen LogP contribution in [0.3, 0.4) is 0 Å². The lowest BCUT2D eigenvalue weighted by Crippen LogP contribution is -2.51. The number of carbonyl (C=O) groups excluding carboxylic acids is 2. The number of rotatable bonds is 2. The third kappa shape index (κ3) is 2.23. The Morgan fingerprint density at radius 3 is 2.90 bits per heavy atom. The number of nitrogens with one attached hydrogen (secondary N) is 1. The fourth-order valence-electron chi connectivity index (χ4n) is 2.72. The van der Waals surface area contributed by atoms with E-state index in [4.69, 9.17) is 10.00 Å². The number of hydrogen-bond acceptors (Lipinski definition) is 5. The molecule has 108 valence electrons. The van der Waals surface area contributed by atoms with E-state index in [1.807, 2.05) is 6.07 Å². The van der Waals surface area contributed by atoms with Crippen molar-refractivity contribution in [3.05, 3.63) is 29.6 Å². The number of nitriles is 1. The normalized spacial score (nSPS) is 20.4. The van der Waals surface area contributed by atoms with Crippen molar-refractivity contribution < 1.29 is 14.3 Å². The van der Waals surface area contributed by atoms with Gasteiger partial charge in [-0.1, -0.05) is 6.07 Å². The fourth-order valence-corrected chi connectivity index (χ4v) is 2.72. The van der Waals surface area contributed by atoms with Gasteiger partial charge in [0.25, 0.3) is 5.91 Å². The number of nitrogens with zero attached hydrogens (tertiary/aromatic N) is 3. The van der Waals surface area contributed by atoms with Crippen LogP contribution in [-0.4, -0.2) is 40.6 Å². The molecule has 1 aromatic rings. The highest BCUT2D eigenvalue weighted by Crippen LogP contribution is 2.29. The number of amides is 3. The van der Waals surface area contributed by atoms with Crippen molar-refractivity contribution in [2.24, 2.45) is 0 Å². The third-order valence-corrected chi connectivity index (χ3v) is 3.92. The molecule has 0 aromatic carbocycles. The molecule has 1 aromatic heterocycles. The molecule has 2 fully saturated rings. The van der Waals surface area contributed by atoms with Gasteiger partial charge in [0.05, 0.1) is 6.54 Å². The molecule has 1 N–H and O–H groups in total. The monoisotopic (exact) mass is 286 g/mol. The predicted octanol–water partition coefficient (Wildman–Crippen LogP) is 0.554. The van der Waals surface area contributed by atoms with Gasteiger partial charge in [-0.15, -0.1) is 0 Å². The summed E-state index contributed by atoms with van der Waals surface area (Å²) in [4.78, 5) is 29.8. The molecule has 3 amide bonds. The Morgan fingerprint density at radius 2 is 2.19 bits per heavy atom. The molecule has 7 nitrogen and oxygen atoms in total. The van der Waals surface area contributed by atoms with Crippen molar-refractivity contribution in [1.29, 1.82) is 5.26 Å². The average molecular weight is 286 g/mol. The summed E-state index contributed by atoms with van der Waals surface area (Å²) in [5.74, 6) is -0.247. The summed E-state index contributed by atoms with van der Waals surface area (Å²) in [7, 11) is 0. The van der Waals surface area contributed by atoms with Crippen molar-refractivity contribution in [3.8, 4) is 6.07 Å². The minimum Gasteiger partial charge on any atom is -0.381 e. The minimum atomic E-state index is -0.843. The Morgan fingerprint density at radius 1 is 1.43 bits per heavy atom. The van der Waals surface area contributed by atoms with E-state index in [1.54, 1.807) is 12.1 Å². The van der Waals surface area contributed by atoms with Crippen molar-refractivity contribution >= 4 is 11.9 Å². The first kappa shape index (κ1) is 13.5. The predicted molar refractivity (Wildman–Crippen MR) is 70.8 cm³/mol. The summed E-state index contributed by atoms with van der Waals surface area (Å²) in [5.41, 5.74) is -0.0525. The van der Waals surface area contributed by atoms with E-state index >= 15 is 0 Å². The van der Waals surface area contributed by atoms with E-state index in [0.717, 1.165) is 4.90 Å². The third-order valence-electron chi connectivity index (χ3n) is 3.92. The van der Waals surface area contributed by atoms with Crippen LogP contribution in [0.4, 0.5) is 4.79 Å². The molecule has 0 atom stereocenters. The molecule has 2 aliphatic heterocycles. The van der Waals surface area contributed by atoms with E-state index < -0.39 is 11.6 Å². The standard InChI is InChI=1S/C14H14N4O3/c15-8-11-10(2-1-5-16-11)9-18-12(19)14(17-13(18)20)3-6-21-7-4-14/h1-2,5H,3-4,6-7,9H2,(H,17,20). The van der Waals surface area contributed by atoms with Crippen LogP contribution in [-0.2, 0) is 16.1 Å². The number of urea groups is 1. The van der Waals surface area contributed by atoms with Crippen molar-refractivity contribution in [3.63, 3.8) is 0 Å². The quantitative estimate of drug-likeness (QED) is 0.801. The van der Waals surface area contributed by atoms with Crippen LogP contribution < -0.4 is 5.32 Å². The molecule has 3 rings (SSSR count). The number of aromatic nitrogens is 1. The number of imide groups is 1. The van der Waals surface area contributed by atoms with Crippen LogP contribution >= 0.6 is 0 Å². The van der Waals surface area contributed by atoms with Crippen LogP contribution in [0.25, 0.3) is 0 Å². The van der Waals surface area contributed by atoms with Gasteiger partial charge in [0.1, 0.15) is 17.3 Å². The van der Waals surface area contributed by atoms with Crippen LogP contribution in [0.1, 0.15) is 24.1 Å². The van der Waals surface area contributed by atoms with Gasteiger partial charge >= 0.3 is 6.03 Å². The first-order valence-corrected chi connectivity index (χ1v) is 6.72. The van der Waals surface area contributed by atoms with Gasteiger partial charge < -0.3 is 10.1 Å². The molecule has 1 spiro atoms. The molecule has 7 heteroatoms. The maximum Gasteiger partial charge on any atom is 0.325 e. The zero-order valence-corrected chi connectivity index (χ0v) is 11.3. The molecule has 2 aliphatic rings. The highest BCUT2D eigenvalue weighted by Gasteiger charge is 2.51. The molecule has 0 saturated carbocycles. The molecule has 21 heavy (non-hydrogen) atoms. The maximum absolute atomic E-state index is 12.6. The molecular weight excluding hydrogens is 272 g/mol. The highest BCUT2D eigenvalue weighted by atomic mass is 16.5. The largest absolute Gasteiger partial charge is 0.381 e. The number of ether oxygens (including phenoxy) is 1. The second-order valence-electron chi connectivity index (χ2n) is 5.14. The molecule has 0 aliphatic carbocycles. The molecule has 0 unspecified atom stereocenters. The molecular formula is C14H14N4O3. The lowest BCUT2D eigenvalue weighted by molar-refractivity contribution is -0.134. The first-order valence-electron chi connectivity index (χ1n) is 6.72. The van der Waals surface area contributed by atoms with E-state index in [2.05, 4.69) is 10.3 Å². The summed E-state index contributed by atoms with van der Waals surface area (Å²) in [6.07, 6.45) is 2.46. The number of pyridine rings is 1. The molecule has 0 bridgehead atoms. The van der Waals surface area contributed by atoms with Crippen LogP contribution in [0.15, 0.2) is 18.3 Å². The lowest BCUT2D eigenvalue weighted by Gasteiger charge is -2.30. The average Bonchev–Trinajstić information content (AvgIpc) is 2.73. The Bertz CT molecular complexity index is 631. The summed E-state index contributed by atoms with van der Waals surface area (Å²) in [5, 5.41) is 11.8. The Hall–Kier alpha value is -2.46. The molecule has 0 radical (unpaired) electrons. The molecule has 2 saturated heterocycles. The summed E-state index contributed by atoms with van der Waals surface area (Å²) >= 11 is 0. The Kier molecular flexibility index (Phi) is 3.31. The molecule has 3 heterocycles. The minimum absolute atomic E-state index is 0.0595. The zero-order chi connectivity index (χ0) is 14.9. The maximum atomic E-state index is 12.6. The van der Waals surface area contributed by atoms with Crippen molar-refractivity contribution in [2.45, 2.75) is 24.9 Å². The topological polar surface area (TPSA) is 95.3 Å². The lowest BCUT2D eigenvalue weighted by atomic mass is 9.90. The van der Waals surface area contributed by atoms with Gasteiger partial charge in [-0.3, -0.25) is 9.69 Å². The van der Waals surface area contributed by atoms with Crippen LogP contribution in [0.5, 0.6) is 0 Å². The van der Waals surface area contributed by atoms with Crippen LogP contribution in [0.2, 0.25) is 0 Å². The summed E-state index contributed by atoms with van der Waals surface area (Å²) in [6.45, 7) is 0.969. The van der Waals surface area contributed by atoms with E-state index in [1.165, 1.54) is 6.20 Å². The number of hydrogen-bond donors (Lipinski definition) is 1. The van der Waals surface area contributed by atoms with E-state index in [0.29, 0.717) is 31.6 Å². The van der Waals surface area contributed by atoms with Gasteiger partial charge in [0.2, 0.25) is 0 Å². The van der Waals surface area contributed by atoms with E-state index in [9.17, 15) is 9.59 Å². The Labute approximate surface area is 121 Å². The first-order chi connectivity index (χ1) is 10.2. The van der Waals surface area contributed by atoms with Gasteiger partial charge in [0, 0.05) is 37.8 Å². The SMILES string of the molecule is N#Cc1ncccc1CN1C(=O)NC2(CCOCC2)C1=O. The second-order valence-corrected chi connectivity index (χ2v) is 5.14. The number of carbonyl (C=O) groups is 2. The smallest absolute Gasteiger partial charge is 0.325 e. The second kappa shape index (κ2) is 5.14. The van der Waals surface area contributed by atoms with Crippen molar-refractivity contribution in [1.82, 2.24) is 15.2 Å². The Balaban J connectivity index is 1.85. The van der Waals surface area contributed by atoms with Gasteiger partial charge in [-0.25, -0.2) is 9.78 Å². The van der Waals surface area contributed by atoms with Crippen molar-refractivity contribution in [2.75, 3.05) is 13.2 Å². The van der Waals surface area contributed by atoms with Gasteiger partial charge in [0.15, 0.2) is 0 Å². The van der Waals surface area contributed by atoms with Gasteiger partial charge in [-0.05, 0) is 6.07 Å². The summed E-state index contributed by atoms with van der Waals surface area (Å²) < 4.78 is 5.25. The fraction of sp³-hybridized carbons (Fsp3) is 0.429. The highest BCUT2D eigenvalue weighted by molar-refractivity contribution is 6.07.